The van der Waals surface area contributed by atoms with Crippen LogP contribution < -0.4 is 4.74 Å². The van der Waals surface area contributed by atoms with Crippen molar-refractivity contribution in [2.24, 2.45) is 0 Å². The van der Waals surface area contributed by atoms with Gasteiger partial charge in [-0.25, -0.2) is 0 Å². The average molecular weight is 182 g/mol. The largest absolute Gasteiger partial charge is 0.508 e. The summed E-state index contributed by atoms with van der Waals surface area (Å²) in [6, 6.07) is 6.03. The zero-order chi connectivity index (χ0) is 8.97. The first-order valence-corrected chi connectivity index (χ1v) is 3.72. The van der Waals surface area contributed by atoms with E-state index in [-0.39, 0.29) is 19.1 Å². The van der Waals surface area contributed by atoms with Crippen molar-refractivity contribution in [3.05, 3.63) is 24.3 Å². The van der Waals surface area contributed by atoms with E-state index >= 15 is 0 Å². The van der Waals surface area contributed by atoms with Crippen LogP contribution in [0.5, 0.6) is 11.5 Å². The van der Waals surface area contributed by atoms with Crippen LogP contribution in [0, 0.1) is 0 Å². The Morgan fingerprint density at radius 2 is 1.92 bits per heavy atom. The van der Waals surface area contributed by atoms with Gasteiger partial charge in [0.05, 0.1) is 0 Å². The summed E-state index contributed by atoms with van der Waals surface area (Å²) < 4.78 is 4.87. The zero-order valence-corrected chi connectivity index (χ0v) is 6.78. The lowest BCUT2D eigenvalue weighted by Crippen LogP contribution is -2.04. The molecule has 1 aromatic carbocycles. The third-order valence-corrected chi connectivity index (χ3v) is 1.36. The topological polar surface area (TPSA) is 46.5 Å². The van der Waals surface area contributed by atoms with Gasteiger partial charge in [-0.3, -0.25) is 4.79 Å². The van der Waals surface area contributed by atoms with Crippen LogP contribution in [0.25, 0.3) is 0 Å². The number of hydrogen-bond donors (Lipinski definition) is 1. The Labute approximate surface area is 78.0 Å². The third kappa shape index (κ3) is 3.60. The number of esters is 1. The molecule has 1 N–H and O–H groups in total. The van der Waals surface area contributed by atoms with Gasteiger partial charge < -0.3 is 9.84 Å². The molecule has 0 saturated carbocycles. The van der Waals surface area contributed by atoms with Gasteiger partial charge >= 0.3 is 5.97 Å². The Morgan fingerprint density at radius 3 is 2.38 bits per heavy atom. The Balaban J connectivity index is 0.00000144. The summed E-state index contributed by atoms with van der Waals surface area (Å²) in [5.41, 5.74) is 0. The highest BCUT2D eigenvalue weighted by Gasteiger charge is 1.99. The lowest BCUT2D eigenvalue weighted by Gasteiger charge is -2.01. The smallest absolute Gasteiger partial charge is 0.310 e. The normalized spacial score (nSPS) is 8.69. The molecule has 0 aromatic heterocycles. The third-order valence-electron chi connectivity index (χ3n) is 1.36. The minimum atomic E-state index is -0.277. The first-order valence-electron chi connectivity index (χ1n) is 3.72. The summed E-state index contributed by atoms with van der Waals surface area (Å²) in [7, 11) is 0. The summed E-state index contributed by atoms with van der Waals surface area (Å²) in [6.45, 7) is 1.72. The number of hydrogen-bond acceptors (Lipinski definition) is 3. The predicted molar refractivity (Wildman–Crippen MR) is 50.8 cm³/mol. The van der Waals surface area contributed by atoms with E-state index in [1.807, 2.05) is 0 Å². The summed E-state index contributed by atoms with van der Waals surface area (Å²) in [5.74, 6) is 0.339. The van der Waals surface area contributed by atoms with Crippen LogP contribution >= 0.6 is 0 Å². The lowest BCUT2D eigenvalue weighted by molar-refractivity contribution is -0.134. The second-order valence-electron chi connectivity index (χ2n) is 2.32. The highest BCUT2D eigenvalue weighted by atomic mass is 16.5. The first-order chi connectivity index (χ1) is 5.72. The molecule has 0 unspecified atom stereocenters. The molecule has 0 bridgehead atoms. The van der Waals surface area contributed by atoms with Gasteiger partial charge in [0.25, 0.3) is 0 Å². The van der Waals surface area contributed by atoms with E-state index in [2.05, 4.69) is 0 Å². The summed E-state index contributed by atoms with van der Waals surface area (Å²) in [6.07, 6.45) is 0.348. The fraction of sp³-hybridized carbons (Fsp3) is 0.300. The molecule has 0 amide bonds. The molecule has 1 rings (SSSR count). The quantitative estimate of drug-likeness (QED) is 0.564. The Kier molecular flexibility index (Phi) is 4.59. The van der Waals surface area contributed by atoms with Crippen molar-refractivity contribution in [3.8, 4) is 11.5 Å². The molecule has 0 atom stereocenters. The summed E-state index contributed by atoms with van der Waals surface area (Å²) in [4.78, 5) is 10.8. The van der Waals surface area contributed by atoms with Crippen LogP contribution in [-0.2, 0) is 4.79 Å². The number of phenolic OH excluding ortho intramolecular Hbond substituents is 1. The Hall–Kier alpha value is -1.51. The number of carbonyl (C=O) groups is 1. The van der Waals surface area contributed by atoms with Gasteiger partial charge in [0.2, 0.25) is 0 Å². The second-order valence-corrected chi connectivity index (χ2v) is 2.32. The van der Waals surface area contributed by atoms with E-state index in [1.165, 1.54) is 12.1 Å². The van der Waals surface area contributed by atoms with Gasteiger partial charge in [-0.1, -0.05) is 14.4 Å². The first kappa shape index (κ1) is 11.5. The maximum Gasteiger partial charge on any atom is 0.310 e. The molecule has 0 aliphatic heterocycles. The van der Waals surface area contributed by atoms with Crippen molar-refractivity contribution in [2.75, 3.05) is 0 Å². The molecular formula is C10H14O3. The highest BCUT2D eigenvalue weighted by Crippen LogP contribution is 2.16. The summed E-state index contributed by atoms with van der Waals surface area (Å²) in [5, 5.41) is 8.91. The zero-order valence-electron chi connectivity index (χ0n) is 6.78. The molecule has 1 aromatic rings. The van der Waals surface area contributed by atoms with E-state index in [4.69, 9.17) is 9.84 Å². The molecule has 0 spiro atoms. The van der Waals surface area contributed by atoms with Crippen LogP contribution in [0.3, 0.4) is 0 Å². The van der Waals surface area contributed by atoms with E-state index < -0.39 is 0 Å². The van der Waals surface area contributed by atoms with Gasteiger partial charge in [0.15, 0.2) is 0 Å². The SMILES string of the molecule is C.CCC(=O)Oc1ccc(O)cc1. The number of rotatable bonds is 2. The monoisotopic (exact) mass is 182 g/mol. The van der Waals surface area contributed by atoms with E-state index in [1.54, 1.807) is 19.1 Å². The lowest BCUT2D eigenvalue weighted by atomic mass is 10.3. The van der Waals surface area contributed by atoms with Crippen LogP contribution in [0.4, 0.5) is 0 Å². The average Bonchev–Trinajstić information content (AvgIpc) is 2.09. The van der Waals surface area contributed by atoms with Crippen molar-refractivity contribution in [2.45, 2.75) is 20.8 Å². The molecule has 0 heterocycles. The van der Waals surface area contributed by atoms with E-state index in [9.17, 15) is 4.79 Å². The van der Waals surface area contributed by atoms with E-state index in [0.29, 0.717) is 12.2 Å². The fourth-order valence-corrected chi connectivity index (χ4v) is 0.718. The molecule has 3 nitrogen and oxygen atoms in total. The van der Waals surface area contributed by atoms with Crippen molar-refractivity contribution in [3.63, 3.8) is 0 Å². The maximum absolute atomic E-state index is 10.8. The maximum atomic E-state index is 10.8. The number of phenols is 1. The van der Waals surface area contributed by atoms with Crippen LogP contribution in [0.15, 0.2) is 24.3 Å². The van der Waals surface area contributed by atoms with Crippen molar-refractivity contribution < 1.29 is 14.6 Å². The van der Waals surface area contributed by atoms with Crippen molar-refractivity contribution in [1.29, 1.82) is 0 Å². The number of ether oxygens (including phenoxy) is 1. The number of benzene rings is 1. The molecule has 0 fully saturated rings. The molecule has 0 radical (unpaired) electrons. The minimum absolute atomic E-state index is 0. The van der Waals surface area contributed by atoms with Gasteiger partial charge in [-0.2, -0.15) is 0 Å². The molecule has 0 aliphatic rings. The predicted octanol–water partition coefficient (Wildman–Crippen LogP) is 2.34. The second kappa shape index (κ2) is 5.19. The van der Waals surface area contributed by atoms with Crippen LogP contribution in [0.2, 0.25) is 0 Å². The Bertz CT molecular complexity index is 264. The minimum Gasteiger partial charge on any atom is -0.508 e. The fourth-order valence-electron chi connectivity index (χ4n) is 0.718. The molecule has 13 heavy (non-hydrogen) atoms. The van der Waals surface area contributed by atoms with E-state index in [0.717, 1.165) is 0 Å². The molecule has 0 aliphatic carbocycles. The van der Waals surface area contributed by atoms with Gasteiger partial charge in [-0.15, -0.1) is 0 Å². The highest BCUT2D eigenvalue weighted by molar-refractivity contribution is 5.71. The van der Waals surface area contributed by atoms with Gasteiger partial charge in [-0.05, 0) is 24.3 Å². The Morgan fingerprint density at radius 1 is 1.38 bits per heavy atom. The number of carbonyl (C=O) groups excluding carboxylic acids is 1. The van der Waals surface area contributed by atoms with Crippen LogP contribution in [0.1, 0.15) is 20.8 Å². The van der Waals surface area contributed by atoms with Gasteiger partial charge in [0, 0.05) is 6.42 Å². The summed E-state index contributed by atoms with van der Waals surface area (Å²) >= 11 is 0. The van der Waals surface area contributed by atoms with Gasteiger partial charge in [0.1, 0.15) is 11.5 Å². The van der Waals surface area contributed by atoms with Crippen molar-refractivity contribution in [1.82, 2.24) is 0 Å². The number of aromatic hydroxyl groups is 1. The molecule has 72 valence electrons. The molecular weight excluding hydrogens is 168 g/mol. The van der Waals surface area contributed by atoms with Crippen molar-refractivity contribution >= 4 is 5.97 Å². The molecule has 3 heteroatoms. The van der Waals surface area contributed by atoms with Crippen LogP contribution in [-0.4, -0.2) is 11.1 Å². The standard InChI is InChI=1S/C9H10O3.CH4/c1-2-9(11)12-8-5-3-7(10)4-6-8;/h3-6,10H,2H2,1H3;1H4. The molecule has 0 saturated heterocycles.